The highest BCUT2D eigenvalue weighted by Gasteiger charge is 2.52. The molecule has 2 heterocycles. The van der Waals surface area contributed by atoms with E-state index in [1.807, 2.05) is 17.5 Å². The van der Waals surface area contributed by atoms with Crippen LogP contribution in [0, 0.1) is 0 Å². The summed E-state index contributed by atoms with van der Waals surface area (Å²) in [5.41, 5.74) is 15.2. The second kappa shape index (κ2) is 9.60. The average Bonchev–Trinajstić information content (AvgIpc) is 3.78. The number of rotatable bonds is 2. The third-order valence-corrected chi connectivity index (χ3v) is 11.9. The first kappa shape index (κ1) is 26.3. The van der Waals surface area contributed by atoms with Crippen LogP contribution in [-0.4, -0.2) is 4.98 Å². The number of fused-ring (bicyclic) bond motifs is 15. The molecule has 0 saturated heterocycles. The topological polar surface area (TPSA) is 12.9 Å². The third-order valence-electron chi connectivity index (χ3n) is 10.7. The largest absolute Gasteiger partial charge is 0.256 e. The molecular weight excluding hydrogens is 599 g/mol. The number of nitrogens with zero attached hydrogens (tertiary/aromatic N) is 1. The molecule has 11 rings (SSSR count). The maximum Gasteiger partial charge on any atom is 0.0726 e. The summed E-state index contributed by atoms with van der Waals surface area (Å²) >= 11 is 1.92. The predicted octanol–water partition coefficient (Wildman–Crippen LogP) is 12.3. The van der Waals surface area contributed by atoms with E-state index in [0.717, 1.165) is 16.6 Å². The first-order chi connectivity index (χ1) is 23.8. The van der Waals surface area contributed by atoms with Crippen LogP contribution in [0.15, 0.2) is 164 Å². The van der Waals surface area contributed by atoms with Gasteiger partial charge in [-0.3, -0.25) is 4.98 Å². The Hall–Kier alpha value is -5.83. The summed E-state index contributed by atoms with van der Waals surface area (Å²) < 4.78 is 2.67. The van der Waals surface area contributed by atoms with Gasteiger partial charge in [-0.15, -0.1) is 11.3 Å². The maximum absolute atomic E-state index is 4.93. The summed E-state index contributed by atoms with van der Waals surface area (Å²) in [5.74, 6) is 0. The zero-order chi connectivity index (χ0) is 31.4. The van der Waals surface area contributed by atoms with Crippen molar-refractivity contribution in [3.8, 4) is 44.6 Å². The minimum atomic E-state index is -0.317. The molecule has 0 amide bonds. The van der Waals surface area contributed by atoms with Gasteiger partial charge in [0.2, 0.25) is 0 Å². The van der Waals surface area contributed by atoms with Gasteiger partial charge in [0.25, 0.3) is 0 Å². The fraction of sp³-hybridized carbons (Fsp3) is 0.0217. The number of pyridine rings is 1. The minimum absolute atomic E-state index is 0.317. The zero-order valence-corrected chi connectivity index (χ0v) is 26.8. The molecule has 2 aliphatic carbocycles. The maximum atomic E-state index is 4.93. The molecule has 9 aromatic rings. The van der Waals surface area contributed by atoms with Crippen molar-refractivity contribution in [2.75, 3.05) is 0 Å². The summed E-state index contributed by atoms with van der Waals surface area (Å²) in [7, 11) is 0. The molecule has 0 fully saturated rings. The molecule has 1 nitrogen and oxygen atoms in total. The molecule has 2 aromatic heterocycles. The molecule has 7 aromatic carbocycles. The van der Waals surface area contributed by atoms with Gasteiger partial charge >= 0.3 is 0 Å². The quantitative estimate of drug-likeness (QED) is 0.186. The molecule has 0 N–H and O–H groups in total. The van der Waals surface area contributed by atoms with Crippen LogP contribution in [0.1, 0.15) is 22.3 Å². The first-order valence-electron chi connectivity index (χ1n) is 16.5. The molecule has 1 spiro atoms. The zero-order valence-electron chi connectivity index (χ0n) is 25.9. The van der Waals surface area contributed by atoms with Gasteiger partial charge in [-0.25, -0.2) is 0 Å². The monoisotopic (exact) mass is 625 g/mol. The van der Waals surface area contributed by atoms with Gasteiger partial charge in [0, 0.05) is 42.9 Å². The lowest BCUT2D eigenvalue weighted by Gasteiger charge is -2.30. The van der Waals surface area contributed by atoms with Crippen LogP contribution in [0.5, 0.6) is 0 Å². The van der Waals surface area contributed by atoms with Crippen molar-refractivity contribution in [2.24, 2.45) is 0 Å². The van der Waals surface area contributed by atoms with Crippen LogP contribution in [-0.2, 0) is 5.41 Å². The molecular formula is C46H27NS. The molecule has 0 aliphatic heterocycles. The van der Waals surface area contributed by atoms with Crippen molar-refractivity contribution in [1.29, 1.82) is 0 Å². The van der Waals surface area contributed by atoms with Crippen molar-refractivity contribution in [3.63, 3.8) is 0 Å². The van der Waals surface area contributed by atoms with Crippen LogP contribution >= 0.6 is 11.3 Å². The van der Waals surface area contributed by atoms with Crippen LogP contribution in [0.3, 0.4) is 0 Å². The highest BCUT2D eigenvalue weighted by molar-refractivity contribution is 7.26. The van der Waals surface area contributed by atoms with Gasteiger partial charge in [0.05, 0.1) is 11.1 Å². The van der Waals surface area contributed by atoms with Gasteiger partial charge in [-0.05, 0) is 79.7 Å². The summed E-state index contributed by atoms with van der Waals surface area (Å²) in [5, 5.41) is 4.96. The molecule has 0 unspecified atom stereocenters. The Morgan fingerprint density at radius 3 is 1.88 bits per heavy atom. The molecule has 2 aliphatic rings. The van der Waals surface area contributed by atoms with Gasteiger partial charge in [0.1, 0.15) is 0 Å². The molecule has 222 valence electrons. The second-order valence-corrected chi connectivity index (χ2v) is 14.1. The average molecular weight is 626 g/mol. The Balaban J connectivity index is 1.12. The SMILES string of the molecule is c1ccc(-c2ccc3cnc(-c4ccc5sc6c7c(ccc6c5c4)C4(c5ccccc5-c5ccccc54)c4ccccc4-7)cc3c2)cc1. The number of aromatic nitrogens is 1. The lowest BCUT2D eigenvalue weighted by atomic mass is 9.70. The van der Waals surface area contributed by atoms with E-state index in [4.69, 9.17) is 4.98 Å². The Bertz CT molecular complexity index is 2740. The molecule has 2 heteroatoms. The Kier molecular flexibility index (Phi) is 5.25. The lowest BCUT2D eigenvalue weighted by molar-refractivity contribution is 0.794. The summed E-state index contributed by atoms with van der Waals surface area (Å²) in [4.78, 5) is 4.93. The third kappa shape index (κ3) is 3.37. The molecule has 48 heavy (non-hydrogen) atoms. The Morgan fingerprint density at radius 2 is 1.10 bits per heavy atom. The predicted molar refractivity (Wildman–Crippen MR) is 202 cm³/mol. The fourth-order valence-corrected chi connectivity index (χ4v) is 9.92. The van der Waals surface area contributed by atoms with Gasteiger partial charge in [-0.2, -0.15) is 0 Å². The standard InChI is InChI=1S/C46H27NS/c1-2-10-28(11-3-1)29-18-19-31-27-47-42(26-32(31)24-29)30-20-23-43-37(25-30)35-21-22-41-44(45(35)48-43)36-14-6-9-17-40(36)46(41)38-15-7-4-12-33(38)34-13-5-8-16-39(34)46/h1-27H. The van der Waals surface area contributed by atoms with E-state index in [1.54, 1.807) is 0 Å². The number of benzene rings is 7. The van der Waals surface area contributed by atoms with Crippen molar-refractivity contribution in [2.45, 2.75) is 5.41 Å². The fourth-order valence-electron chi connectivity index (χ4n) is 8.68. The highest BCUT2D eigenvalue weighted by atomic mass is 32.1. The van der Waals surface area contributed by atoms with Crippen molar-refractivity contribution in [3.05, 3.63) is 186 Å². The molecule has 0 atom stereocenters. The lowest BCUT2D eigenvalue weighted by Crippen LogP contribution is -2.25. The normalized spacial score (nSPS) is 13.6. The Labute approximate surface area is 282 Å². The number of thiophene rings is 1. The van der Waals surface area contributed by atoms with Crippen molar-refractivity contribution >= 4 is 42.3 Å². The van der Waals surface area contributed by atoms with Crippen LogP contribution in [0.25, 0.3) is 75.6 Å². The van der Waals surface area contributed by atoms with E-state index in [2.05, 4.69) is 158 Å². The van der Waals surface area contributed by atoms with Crippen LogP contribution in [0.2, 0.25) is 0 Å². The summed E-state index contributed by atoms with van der Waals surface area (Å²) in [6.07, 6.45) is 2.01. The molecule has 0 saturated carbocycles. The van der Waals surface area contributed by atoms with Crippen LogP contribution in [0.4, 0.5) is 0 Å². The molecule has 0 bridgehead atoms. The van der Waals surface area contributed by atoms with Crippen molar-refractivity contribution in [1.82, 2.24) is 4.98 Å². The summed E-state index contributed by atoms with van der Waals surface area (Å²) in [6.45, 7) is 0. The van der Waals surface area contributed by atoms with E-state index in [9.17, 15) is 0 Å². The van der Waals surface area contributed by atoms with Crippen LogP contribution < -0.4 is 0 Å². The van der Waals surface area contributed by atoms with E-state index < -0.39 is 0 Å². The van der Waals surface area contributed by atoms with E-state index >= 15 is 0 Å². The summed E-state index contributed by atoms with van der Waals surface area (Å²) in [6, 6.07) is 58.3. The smallest absolute Gasteiger partial charge is 0.0726 e. The van der Waals surface area contributed by atoms with Crippen molar-refractivity contribution < 1.29 is 0 Å². The first-order valence-corrected chi connectivity index (χ1v) is 17.4. The van der Waals surface area contributed by atoms with E-state index in [1.165, 1.54) is 81.2 Å². The van der Waals surface area contributed by atoms with Gasteiger partial charge in [0.15, 0.2) is 0 Å². The Morgan fingerprint density at radius 1 is 0.438 bits per heavy atom. The number of hydrogen-bond donors (Lipinski definition) is 0. The van der Waals surface area contributed by atoms with Gasteiger partial charge in [-0.1, -0.05) is 133 Å². The van der Waals surface area contributed by atoms with E-state index in [-0.39, 0.29) is 5.41 Å². The van der Waals surface area contributed by atoms with E-state index in [0.29, 0.717) is 0 Å². The minimum Gasteiger partial charge on any atom is -0.256 e. The second-order valence-electron chi connectivity index (χ2n) is 13.1. The number of hydrogen-bond acceptors (Lipinski definition) is 2. The highest BCUT2D eigenvalue weighted by Crippen LogP contribution is 2.64. The molecule has 0 radical (unpaired) electrons. The van der Waals surface area contributed by atoms with Gasteiger partial charge < -0.3 is 0 Å².